The van der Waals surface area contributed by atoms with Crippen LogP contribution in [0.1, 0.15) is 20.9 Å². The van der Waals surface area contributed by atoms with Gasteiger partial charge in [-0.15, -0.1) is 11.3 Å². The van der Waals surface area contributed by atoms with Crippen molar-refractivity contribution in [3.05, 3.63) is 68.7 Å². The van der Waals surface area contributed by atoms with Crippen molar-refractivity contribution in [2.75, 3.05) is 26.2 Å². The highest BCUT2D eigenvalue weighted by Gasteiger charge is 2.24. The van der Waals surface area contributed by atoms with Crippen LogP contribution in [0.2, 0.25) is 0 Å². The summed E-state index contributed by atoms with van der Waals surface area (Å²) in [6, 6.07) is 12.8. The number of rotatable bonds is 4. The van der Waals surface area contributed by atoms with Gasteiger partial charge in [-0.2, -0.15) is 0 Å². The maximum absolute atomic E-state index is 12.7. The number of carbonyl (C=O) groups is 1. The number of hydrogen-bond donors (Lipinski definition) is 0. The van der Waals surface area contributed by atoms with Crippen LogP contribution in [-0.4, -0.2) is 51.8 Å². The van der Waals surface area contributed by atoms with Crippen molar-refractivity contribution in [2.45, 2.75) is 13.5 Å². The molecule has 0 aliphatic carbocycles. The van der Waals surface area contributed by atoms with Gasteiger partial charge in [-0.3, -0.25) is 19.8 Å². The number of benzene rings is 2. The second-order valence-corrected chi connectivity index (χ2v) is 8.02. The minimum absolute atomic E-state index is 0.0136. The summed E-state index contributed by atoms with van der Waals surface area (Å²) in [6.45, 7) is 5.17. The fraction of sp³-hybridized carbons (Fsp3) is 0.300. The lowest BCUT2D eigenvalue weighted by Crippen LogP contribution is -2.48. The Labute approximate surface area is 166 Å². The molecule has 1 aromatic heterocycles. The first kappa shape index (κ1) is 18.5. The Morgan fingerprint density at radius 1 is 1.18 bits per heavy atom. The normalized spacial score (nSPS) is 15.1. The van der Waals surface area contributed by atoms with E-state index in [1.54, 1.807) is 35.3 Å². The van der Waals surface area contributed by atoms with Gasteiger partial charge >= 0.3 is 0 Å². The van der Waals surface area contributed by atoms with Crippen LogP contribution in [0, 0.1) is 17.0 Å². The van der Waals surface area contributed by atoms with Crippen molar-refractivity contribution in [1.29, 1.82) is 0 Å². The maximum atomic E-state index is 12.7. The molecule has 3 aromatic rings. The molecule has 1 saturated heterocycles. The van der Waals surface area contributed by atoms with Crippen LogP contribution in [0.25, 0.3) is 10.2 Å². The predicted octanol–water partition coefficient (Wildman–Crippen LogP) is 3.47. The van der Waals surface area contributed by atoms with Crippen LogP contribution in [0.5, 0.6) is 0 Å². The van der Waals surface area contributed by atoms with Gasteiger partial charge in [-0.1, -0.05) is 18.2 Å². The highest BCUT2D eigenvalue weighted by Crippen LogP contribution is 2.24. The zero-order chi connectivity index (χ0) is 19.7. The first-order chi connectivity index (χ1) is 13.5. The second-order valence-electron chi connectivity index (χ2n) is 6.90. The number of thiazole rings is 1. The smallest absolute Gasteiger partial charge is 0.273 e. The minimum atomic E-state index is -0.442. The van der Waals surface area contributed by atoms with E-state index in [1.165, 1.54) is 10.8 Å². The number of hydrogen-bond acceptors (Lipinski definition) is 6. The molecule has 0 radical (unpaired) electrons. The van der Waals surface area contributed by atoms with Crippen LogP contribution in [-0.2, 0) is 6.54 Å². The summed E-state index contributed by atoms with van der Waals surface area (Å²) in [5.74, 6) is -0.150. The van der Waals surface area contributed by atoms with Crippen LogP contribution >= 0.6 is 11.3 Å². The zero-order valence-electron chi connectivity index (χ0n) is 15.5. The number of para-hydroxylation sites is 1. The quantitative estimate of drug-likeness (QED) is 0.498. The Morgan fingerprint density at radius 3 is 2.64 bits per heavy atom. The summed E-state index contributed by atoms with van der Waals surface area (Å²) < 4.78 is 1.19. The lowest BCUT2D eigenvalue weighted by atomic mass is 10.1. The van der Waals surface area contributed by atoms with E-state index in [2.05, 4.69) is 16.0 Å². The third-order valence-corrected chi connectivity index (χ3v) is 6.03. The van der Waals surface area contributed by atoms with Crippen molar-refractivity contribution in [1.82, 2.24) is 14.8 Å². The summed E-state index contributed by atoms with van der Waals surface area (Å²) in [4.78, 5) is 32.2. The number of carbonyl (C=O) groups excluding carboxylic acids is 1. The molecule has 1 aliphatic heterocycles. The average Bonchev–Trinajstić information content (AvgIpc) is 3.10. The van der Waals surface area contributed by atoms with Crippen molar-refractivity contribution < 1.29 is 9.72 Å². The molecule has 28 heavy (non-hydrogen) atoms. The molecule has 7 nitrogen and oxygen atoms in total. The summed E-state index contributed by atoms with van der Waals surface area (Å²) in [5.41, 5.74) is 1.94. The molecule has 1 fully saturated rings. The van der Waals surface area contributed by atoms with Gasteiger partial charge in [0.15, 0.2) is 0 Å². The lowest BCUT2D eigenvalue weighted by Gasteiger charge is -2.34. The molecule has 1 amide bonds. The fourth-order valence-electron chi connectivity index (χ4n) is 3.41. The van der Waals surface area contributed by atoms with Gasteiger partial charge in [0.1, 0.15) is 5.01 Å². The van der Waals surface area contributed by atoms with Crippen molar-refractivity contribution in [3.63, 3.8) is 0 Å². The van der Waals surface area contributed by atoms with E-state index in [0.717, 1.165) is 30.2 Å². The number of nitrogens with zero attached hydrogens (tertiary/aromatic N) is 4. The molecule has 8 heteroatoms. The molecular weight excluding hydrogens is 376 g/mol. The standard InChI is InChI=1S/C20H20N4O3S/c1-14-6-7-15(12-17(14)24(26)27)20(25)23-10-8-22(9-11-23)13-19-21-16-4-2-3-5-18(16)28-19/h2-7,12H,8-11,13H2,1H3. The average molecular weight is 396 g/mol. The Bertz CT molecular complexity index is 1010. The molecule has 2 aromatic carbocycles. The second kappa shape index (κ2) is 7.65. The molecule has 0 saturated carbocycles. The van der Waals surface area contributed by atoms with E-state index in [4.69, 9.17) is 0 Å². The third-order valence-electron chi connectivity index (χ3n) is 5.01. The molecule has 0 bridgehead atoms. The first-order valence-corrected chi connectivity index (χ1v) is 9.94. The van der Waals surface area contributed by atoms with Crippen LogP contribution in [0.4, 0.5) is 5.69 Å². The summed E-state index contributed by atoms with van der Waals surface area (Å²) in [7, 11) is 0. The number of fused-ring (bicyclic) bond motifs is 1. The monoisotopic (exact) mass is 396 g/mol. The van der Waals surface area contributed by atoms with Gasteiger partial charge in [0.25, 0.3) is 11.6 Å². The summed E-state index contributed by atoms with van der Waals surface area (Å²) in [6.07, 6.45) is 0. The molecule has 0 unspecified atom stereocenters. The number of nitro groups is 1. The Morgan fingerprint density at radius 2 is 1.93 bits per heavy atom. The Kier molecular flexibility index (Phi) is 5.06. The number of nitro benzene ring substituents is 1. The summed E-state index contributed by atoms with van der Waals surface area (Å²) in [5, 5.41) is 12.2. The van der Waals surface area contributed by atoms with Crippen molar-refractivity contribution in [2.24, 2.45) is 0 Å². The number of aromatic nitrogens is 1. The van der Waals surface area contributed by atoms with E-state index < -0.39 is 4.92 Å². The molecule has 2 heterocycles. The third kappa shape index (κ3) is 3.74. The van der Waals surface area contributed by atoms with E-state index in [1.807, 2.05) is 18.2 Å². The van der Waals surface area contributed by atoms with E-state index in [9.17, 15) is 14.9 Å². The number of amides is 1. The topological polar surface area (TPSA) is 79.6 Å². The van der Waals surface area contributed by atoms with Crippen LogP contribution in [0.15, 0.2) is 42.5 Å². The SMILES string of the molecule is Cc1ccc(C(=O)N2CCN(Cc3nc4ccccc4s3)CC2)cc1[N+](=O)[O-]. The van der Waals surface area contributed by atoms with Gasteiger partial charge in [-0.25, -0.2) is 4.98 Å². The Balaban J connectivity index is 1.39. The van der Waals surface area contributed by atoms with Crippen molar-refractivity contribution in [3.8, 4) is 0 Å². The number of aryl methyl sites for hydroxylation is 1. The largest absolute Gasteiger partial charge is 0.336 e. The lowest BCUT2D eigenvalue weighted by molar-refractivity contribution is -0.385. The first-order valence-electron chi connectivity index (χ1n) is 9.12. The zero-order valence-corrected chi connectivity index (χ0v) is 16.3. The molecule has 1 aliphatic rings. The van der Waals surface area contributed by atoms with E-state index >= 15 is 0 Å². The maximum Gasteiger partial charge on any atom is 0.273 e. The van der Waals surface area contributed by atoms with Crippen molar-refractivity contribution >= 4 is 33.1 Å². The minimum Gasteiger partial charge on any atom is -0.336 e. The highest BCUT2D eigenvalue weighted by molar-refractivity contribution is 7.18. The summed E-state index contributed by atoms with van der Waals surface area (Å²) >= 11 is 1.70. The van der Waals surface area contributed by atoms with Gasteiger partial charge in [-0.05, 0) is 25.1 Å². The fourth-order valence-corrected chi connectivity index (χ4v) is 4.42. The van der Waals surface area contributed by atoms with Gasteiger partial charge in [0, 0.05) is 43.4 Å². The predicted molar refractivity (Wildman–Crippen MR) is 109 cm³/mol. The molecule has 0 spiro atoms. The van der Waals surface area contributed by atoms with E-state index in [0.29, 0.717) is 24.2 Å². The van der Waals surface area contributed by atoms with Crippen LogP contribution in [0.3, 0.4) is 0 Å². The molecule has 0 atom stereocenters. The van der Waals surface area contributed by atoms with Crippen LogP contribution < -0.4 is 0 Å². The van der Waals surface area contributed by atoms with Gasteiger partial charge in [0.2, 0.25) is 0 Å². The van der Waals surface area contributed by atoms with E-state index in [-0.39, 0.29) is 11.6 Å². The van der Waals surface area contributed by atoms with Gasteiger partial charge in [0.05, 0.1) is 21.7 Å². The number of piperazine rings is 1. The molecule has 144 valence electrons. The molecule has 4 rings (SSSR count). The highest BCUT2D eigenvalue weighted by atomic mass is 32.1. The van der Waals surface area contributed by atoms with Gasteiger partial charge < -0.3 is 4.90 Å². The molecule has 0 N–H and O–H groups in total. The Hall–Kier alpha value is -2.84. The molecular formula is C20H20N4O3S.